The van der Waals surface area contributed by atoms with Gasteiger partial charge in [-0.3, -0.25) is 23.3 Å². The number of fused-ring (bicyclic) bond motifs is 1. The van der Waals surface area contributed by atoms with Gasteiger partial charge in [0.25, 0.3) is 11.5 Å². The zero-order chi connectivity index (χ0) is 27.8. The van der Waals surface area contributed by atoms with Crippen molar-refractivity contribution in [1.29, 1.82) is 0 Å². The summed E-state index contributed by atoms with van der Waals surface area (Å²) in [5.41, 5.74) is 1.06. The number of amides is 1. The van der Waals surface area contributed by atoms with E-state index in [0.717, 1.165) is 10.1 Å². The van der Waals surface area contributed by atoms with E-state index in [-0.39, 0.29) is 5.91 Å². The van der Waals surface area contributed by atoms with Gasteiger partial charge in [-0.25, -0.2) is 4.79 Å². The number of ether oxygens (including phenoxy) is 2. The monoisotopic (exact) mass is 552 g/mol. The molecule has 0 aliphatic carbocycles. The third kappa shape index (κ3) is 4.63. The Bertz CT molecular complexity index is 1680. The average molecular weight is 553 g/mol. The van der Waals surface area contributed by atoms with Gasteiger partial charge in [0, 0.05) is 50.9 Å². The normalized spacial score (nSPS) is 13.7. The van der Waals surface area contributed by atoms with Gasteiger partial charge in [0.2, 0.25) is 5.95 Å². The Kier molecular flexibility index (Phi) is 7.09. The number of halogens is 1. The van der Waals surface area contributed by atoms with Gasteiger partial charge in [0.1, 0.15) is 0 Å². The van der Waals surface area contributed by atoms with E-state index >= 15 is 0 Å². The number of carbonyl (C=O) groups excluding carboxylic acids is 1. The lowest BCUT2D eigenvalue weighted by Crippen LogP contribution is -2.49. The van der Waals surface area contributed by atoms with Crippen LogP contribution in [0, 0.1) is 0 Å². The molecule has 0 N–H and O–H groups in total. The molecule has 1 saturated heterocycles. The lowest BCUT2D eigenvalue weighted by atomic mass is 10.1. The SMILES string of the molecule is COc1ccc(C(=O)N2CCN(c3nc4c(c(=O)n(C)c(=O)n4C)n3Cc3ccccc3Cl)CC2)cc1OC. The van der Waals surface area contributed by atoms with Crippen molar-refractivity contribution in [3.8, 4) is 11.5 Å². The van der Waals surface area contributed by atoms with Crippen molar-refractivity contribution >= 4 is 34.6 Å². The van der Waals surface area contributed by atoms with Gasteiger partial charge in [0.05, 0.1) is 20.8 Å². The van der Waals surface area contributed by atoms with E-state index < -0.39 is 11.2 Å². The number of benzene rings is 2. The standard InChI is InChI=1S/C27H29ClN6O5/c1-30-23-22(25(36)31(2)27(30)37)34(16-18-7-5-6-8-19(18)28)26(29-23)33-13-11-32(12-14-33)24(35)17-9-10-20(38-3)21(15-17)39-4/h5-10,15H,11-14,16H2,1-4H3. The summed E-state index contributed by atoms with van der Waals surface area (Å²) in [6, 6.07) is 12.5. The maximum Gasteiger partial charge on any atom is 0.332 e. The fourth-order valence-corrected chi connectivity index (χ4v) is 5.08. The number of hydrogen-bond acceptors (Lipinski definition) is 7. The fourth-order valence-electron chi connectivity index (χ4n) is 4.88. The topological polar surface area (TPSA) is 104 Å². The molecule has 3 heterocycles. The summed E-state index contributed by atoms with van der Waals surface area (Å²) >= 11 is 6.46. The number of aromatic nitrogens is 4. The highest BCUT2D eigenvalue weighted by molar-refractivity contribution is 6.31. The molecule has 2 aromatic heterocycles. The third-order valence-corrected chi connectivity index (χ3v) is 7.46. The molecular formula is C27H29ClN6O5. The largest absolute Gasteiger partial charge is 0.493 e. The first-order valence-corrected chi connectivity index (χ1v) is 12.8. The summed E-state index contributed by atoms with van der Waals surface area (Å²) in [5, 5.41) is 0.567. The minimum absolute atomic E-state index is 0.114. The van der Waals surface area contributed by atoms with Gasteiger partial charge in [-0.05, 0) is 29.8 Å². The number of anilines is 1. The molecule has 1 aliphatic heterocycles. The molecule has 11 nitrogen and oxygen atoms in total. The molecule has 1 aliphatic rings. The number of carbonyl (C=O) groups is 1. The molecule has 0 atom stereocenters. The molecule has 0 radical (unpaired) electrons. The summed E-state index contributed by atoms with van der Waals surface area (Å²) < 4.78 is 14.9. The summed E-state index contributed by atoms with van der Waals surface area (Å²) in [6.45, 7) is 2.15. The van der Waals surface area contributed by atoms with Crippen LogP contribution in [0.3, 0.4) is 0 Å². The van der Waals surface area contributed by atoms with Gasteiger partial charge in [-0.1, -0.05) is 29.8 Å². The molecule has 5 rings (SSSR count). The summed E-state index contributed by atoms with van der Waals surface area (Å²) in [5.74, 6) is 1.47. The molecule has 1 fully saturated rings. The van der Waals surface area contributed by atoms with Gasteiger partial charge >= 0.3 is 5.69 Å². The van der Waals surface area contributed by atoms with Crippen LogP contribution in [0.2, 0.25) is 5.02 Å². The zero-order valence-electron chi connectivity index (χ0n) is 22.2. The number of imidazole rings is 1. The highest BCUT2D eigenvalue weighted by atomic mass is 35.5. The summed E-state index contributed by atoms with van der Waals surface area (Å²) in [6.07, 6.45) is 0. The minimum Gasteiger partial charge on any atom is -0.493 e. The molecule has 0 spiro atoms. The van der Waals surface area contributed by atoms with Crippen LogP contribution in [0.25, 0.3) is 11.2 Å². The van der Waals surface area contributed by atoms with Crippen molar-refractivity contribution in [3.05, 3.63) is 79.5 Å². The molecule has 12 heteroatoms. The first-order chi connectivity index (χ1) is 18.7. The second kappa shape index (κ2) is 10.5. The third-order valence-electron chi connectivity index (χ3n) is 7.09. The second-order valence-electron chi connectivity index (χ2n) is 9.32. The average Bonchev–Trinajstić information content (AvgIpc) is 3.34. The Morgan fingerprint density at radius 1 is 0.949 bits per heavy atom. The highest BCUT2D eigenvalue weighted by Gasteiger charge is 2.28. The number of hydrogen-bond donors (Lipinski definition) is 0. The van der Waals surface area contributed by atoms with E-state index in [2.05, 4.69) is 0 Å². The van der Waals surface area contributed by atoms with E-state index in [1.54, 1.807) is 43.3 Å². The molecule has 39 heavy (non-hydrogen) atoms. The van der Waals surface area contributed by atoms with E-state index in [4.69, 9.17) is 26.1 Å². The molecule has 2 aromatic carbocycles. The van der Waals surface area contributed by atoms with Crippen molar-refractivity contribution in [2.75, 3.05) is 45.3 Å². The predicted octanol–water partition coefficient (Wildman–Crippen LogP) is 2.12. The van der Waals surface area contributed by atoms with Crippen molar-refractivity contribution in [3.63, 3.8) is 0 Å². The van der Waals surface area contributed by atoms with E-state index in [1.807, 2.05) is 27.7 Å². The van der Waals surface area contributed by atoms with Crippen molar-refractivity contribution in [2.24, 2.45) is 14.1 Å². The Labute approximate surface area is 229 Å². The van der Waals surface area contributed by atoms with Gasteiger partial charge in [-0.2, -0.15) is 4.98 Å². The number of rotatable bonds is 6. The lowest BCUT2D eigenvalue weighted by molar-refractivity contribution is 0.0745. The summed E-state index contributed by atoms with van der Waals surface area (Å²) in [4.78, 5) is 47.7. The van der Waals surface area contributed by atoms with Crippen LogP contribution < -0.4 is 25.6 Å². The number of aryl methyl sites for hydroxylation is 1. The van der Waals surface area contributed by atoms with Crippen molar-refractivity contribution in [2.45, 2.75) is 6.54 Å². The first-order valence-electron chi connectivity index (χ1n) is 12.4. The van der Waals surface area contributed by atoms with E-state index in [9.17, 15) is 14.4 Å². The Morgan fingerprint density at radius 2 is 1.64 bits per heavy atom. The minimum atomic E-state index is -0.452. The summed E-state index contributed by atoms with van der Waals surface area (Å²) in [7, 11) is 6.13. The number of piperazine rings is 1. The zero-order valence-corrected chi connectivity index (χ0v) is 22.9. The van der Waals surface area contributed by atoms with Crippen LogP contribution in [-0.2, 0) is 20.6 Å². The predicted molar refractivity (Wildman–Crippen MR) is 148 cm³/mol. The van der Waals surface area contributed by atoms with E-state index in [0.29, 0.717) is 71.9 Å². The molecule has 0 unspecified atom stereocenters. The van der Waals surface area contributed by atoms with Gasteiger partial charge in [-0.15, -0.1) is 0 Å². The first kappa shape index (κ1) is 26.4. The molecule has 1 amide bonds. The Balaban J connectivity index is 1.48. The van der Waals surface area contributed by atoms with Crippen LogP contribution >= 0.6 is 11.6 Å². The highest BCUT2D eigenvalue weighted by Crippen LogP contribution is 2.29. The van der Waals surface area contributed by atoms with Crippen molar-refractivity contribution < 1.29 is 14.3 Å². The smallest absolute Gasteiger partial charge is 0.332 e. The number of methoxy groups -OCH3 is 2. The van der Waals surface area contributed by atoms with Crippen LogP contribution in [0.15, 0.2) is 52.1 Å². The second-order valence-corrected chi connectivity index (χ2v) is 9.72. The van der Waals surface area contributed by atoms with Crippen LogP contribution in [-0.4, -0.2) is 69.9 Å². The van der Waals surface area contributed by atoms with Crippen LogP contribution in [0.1, 0.15) is 15.9 Å². The Morgan fingerprint density at radius 3 is 2.31 bits per heavy atom. The molecule has 204 valence electrons. The maximum atomic E-state index is 13.3. The van der Waals surface area contributed by atoms with Gasteiger partial charge in [0.15, 0.2) is 22.7 Å². The lowest BCUT2D eigenvalue weighted by Gasteiger charge is -2.35. The molecular weight excluding hydrogens is 524 g/mol. The van der Waals surface area contributed by atoms with Crippen LogP contribution in [0.4, 0.5) is 5.95 Å². The maximum absolute atomic E-state index is 13.3. The van der Waals surface area contributed by atoms with Crippen LogP contribution in [0.5, 0.6) is 11.5 Å². The Hall–Kier alpha value is -4.25. The quantitative estimate of drug-likeness (QED) is 0.361. The van der Waals surface area contributed by atoms with Crippen molar-refractivity contribution in [1.82, 2.24) is 23.6 Å². The molecule has 4 aromatic rings. The fraction of sp³-hybridized carbons (Fsp3) is 0.333. The van der Waals surface area contributed by atoms with Gasteiger partial charge < -0.3 is 19.3 Å². The number of nitrogens with zero attached hydrogens (tertiary/aromatic N) is 6. The van der Waals surface area contributed by atoms with E-state index in [1.165, 1.54) is 18.7 Å². The molecule has 0 bridgehead atoms. The molecule has 0 saturated carbocycles.